The van der Waals surface area contributed by atoms with E-state index in [0.29, 0.717) is 0 Å². The van der Waals surface area contributed by atoms with E-state index in [2.05, 4.69) is 10.4 Å². The highest BCUT2D eigenvalue weighted by Gasteiger charge is 2.24. The number of halogens is 1. The van der Waals surface area contributed by atoms with Crippen LogP contribution in [0.15, 0.2) is 30.3 Å². The highest BCUT2D eigenvalue weighted by molar-refractivity contribution is 5.91. The Morgan fingerprint density at radius 1 is 1.42 bits per heavy atom. The number of primary amides is 1. The largest absolute Gasteiger partial charge is 0.370 e. The molecule has 2 aromatic rings. The quantitative estimate of drug-likeness (QED) is 0.860. The minimum atomic E-state index is -0.554. The summed E-state index contributed by atoms with van der Waals surface area (Å²) in [6.45, 7) is 0.770. The first-order chi connectivity index (χ1) is 9.15. The molecule has 1 aromatic carbocycles. The summed E-state index contributed by atoms with van der Waals surface area (Å²) in [7, 11) is 0. The number of nitrogens with zero attached hydrogens (tertiary/aromatic N) is 2. The first kappa shape index (κ1) is 11.7. The number of rotatable bonds is 2. The molecule has 3 rings (SSSR count). The van der Waals surface area contributed by atoms with Gasteiger partial charge < -0.3 is 11.1 Å². The van der Waals surface area contributed by atoms with Crippen molar-refractivity contribution in [3.63, 3.8) is 0 Å². The molecule has 1 unspecified atom stereocenters. The first-order valence-electron chi connectivity index (χ1n) is 6.04. The van der Waals surface area contributed by atoms with Gasteiger partial charge in [-0.1, -0.05) is 12.1 Å². The van der Waals surface area contributed by atoms with Gasteiger partial charge in [0.1, 0.15) is 11.6 Å². The number of benzene rings is 1. The lowest BCUT2D eigenvalue weighted by Gasteiger charge is -2.25. The van der Waals surface area contributed by atoms with Crippen molar-refractivity contribution in [2.45, 2.75) is 12.5 Å². The molecule has 5 nitrogen and oxygen atoms in total. The second-order valence-corrected chi connectivity index (χ2v) is 4.51. The molecule has 1 aromatic heterocycles. The van der Waals surface area contributed by atoms with Crippen LogP contribution in [-0.4, -0.2) is 22.2 Å². The zero-order valence-electron chi connectivity index (χ0n) is 10.1. The Balaban J connectivity index is 2.02. The number of aromatic nitrogens is 2. The molecule has 0 spiro atoms. The van der Waals surface area contributed by atoms with Crippen molar-refractivity contribution in [2.75, 3.05) is 11.9 Å². The van der Waals surface area contributed by atoms with Gasteiger partial charge in [-0.05, 0) is 24.1 Å². The van der Waals surface area contributed by atoms with Crippen LogP contribution in [0.4, 0.5) is 10.2 Å². The number of nitrogens with two attached hydrogens (primary N) is 1. The van der Waals surface area contributed by atoms with Crippen molar-refractivity contribution in [2.24, 2.45) is 5.73 Å². The van der Waals surface area contributed by atoms with Crippen LogP contribution in [0.1, 0.15) is 28.5 Å². The predicted molar refractivity (Wildman–Crippen MR) is 68.4 cm³/mol. The molecule has 1 atom stereocenters. The Morgan fingerprint density at radius 3 is 2.84 bits per heavy atom. The molecule has 0 saturated heterocycles. The summed E-state index contributed by atoms with van der Waals surface area (Å²) >= 11 is 0. The van der Waals surface area contributed by atoms with Gasteiger partial charge in [-0.25, -0.2) is 9.07 Å². The number of carbonyl (C=O) groups excluding carboxylic acids is 1. The van der Waals surface area contributed by atoms with Gasteiger partial charge in [-0.2, -0.15) is 5.10 Å². The second-order valence-electron chi connectivity index (χ2n) is 4.51. The Bertz CT molecular complexity index is 620. The Hall–Kier alpha value is -2.37. The summed E-state index contributed by atoms with van der Waals surface area (Å²) < 4.78 is 14.7. The molecule has 3 N–H and O–H groups in total. The van der Waals surface area contributed by atoms with Crippen molar-refractivity contribution < 1.29 is 9.18 Å². The second kappa shape index (κ2) is 4.38. The lowest BCUT2D eigenvalue weighted by Crippen LogP contribution is -2.24. The van der Waals surface area contributed by atoms with Gasteiger partial charge in [-0.15, -0.1) is 0 Å². The van der Waals surface area contributed by atoms with E-state index in [0.717, 1.165) is 24.3 Å². The fraction of sp³-hybridized carbons (Fsp3) is 0.231. The van der Waals surface area contributed by atoms with Crippen LogP contribution < -0.4 is 11.1 Å². The average molecular weight is 260 g/mol. The van der Waals surface area contributed by atoms with E-state index in [1.165, 1.54) is 12.1 Å². The minimum absolute atomic E-state index is 0.00931. The molecule has 0 fully saturated rings. The summed E-state index contributed by atoms with van der Waals surface area (Å²) in [4.78, 5) is 11.2. The van der Waals surface area contributed by atoms with Gasteiger partial charge >= 0.3 is 0 Å². The summed E-state index contributed by atoms with van der Waals surface area (Å²) in [5.41, 5.74) is 6.43. The number of anilines is 1. The van der Waals surface area contributed by atoms with Crippen LogP contribution in [0.5, 0.6) is 0 Å². The van der Waals surface area contributed by atoms with Gasteiger partial charge in [0.05, 0.1) is 6.04 Å². The number of hydrogen-bond donors (Lipinski definition) is 2. The Morgan fingerprint density at radius 2 is 2.16 bits per heavy atom. The molecule has 0 radical (unpaired) electrons. The number of nitrogens with one attached hydrogen (secondary N) is 1. The van der Waals surface area contributed by atoms with Crippen LogP contribution in [0.2, 0.25) is 0 Å². The molecule has 0 saturated carbocycles. The maximum absolute atomic E-state index is 13.0. The van der Waals surface area contributed by atoms with E-state index in [-0.39, 0.29) is 17.6 Å². The van der Waals surface area contributed by atoms with Crippen molar-refractivity contribution in [1.82, 2.24) is 9.78 Å². The lowest BCUT2D eigenvalue weighted by atomic mass is 10.0. The van der Waals surface area contributed by atoms with E-state index in [4.69, 9.17) is 5.73 Å². The normalized spacial score (nSPS) is 17.6. The SMILES string of the molecule is NC(=O)c1cc2n(n1)C(c1ccc(F)cc1)CCN2. The van der Waals surface area contributed by atoms with Gasteiger partial charge in [0.2, 0.25) is 0 Å². The third kappa shape index (κ3) is 2.05. The van der Waals surface area contributed by atoms with Gasteiger partial charge in [-0.3, -0.25) is 4.79 Å². The Labute approximate surface area is 109 Å². The minimum Gasteiger partial charge on any atom is -0.370 e. The van der Waals surface area contributed by atoms with Crippen molar-refractivity contribution in [3.05, 3.63) is 47.4 Å². The lowest BCUT2D eigenvalue weighted by molar-refractivity contribution is 0.0994. The number of fused-ring (bicyclic) bond motifs is 1. The fourth-order valence-corrected chi connectivity index (χ4v) is 2.34. The van der Waals surface area contributed by atoms with Crippen molar-refractivity contribution >= 4 is 11.7 Å². The maximum atomic E-state index is 13.0. The molecule has 98 valence electrons. The van der Waals surface area contributed by atoms with Gasteiger partial charge in [0, 0.05) is 12.6 Å². The highest BCUT2D eigenvalue weighted by Crippen LogP contribution is 2.29. The van der Waals surface area contributed by atoms with E-state index < -0.39 is 5.91 Å². The molecule has 1 aliphatic rings. The highest BCUT2D eigenvalue weighted by atomic mass is 19.1. The van der Waals surface area contributed by atoms with Crippen molar-refractivity contribution in [3.8, 4) is 0 Å². The summed E-state index contributed by atoms with van der Waals surface area (Å²) in [6, 6.07) is 7.95. The Kier molecular flexibility index (Phi) is 2.70. The molecule has 0 bridgehead atoms. The molecular formula is C13H13FN4O. The van der Waals surface area contributed by atoms with Crippen LogP contribution >= 0.6 is 0 Å². The van der Waals surface area contributed by atoms with Crippen LogP contribution in [-0.2, 0) is 0 Å². The fourth-order valence-electron chi connectivity index (χ4n) is 2.34. The molecule has 1 aliphatic heterocycles. The van der Waals surface area contributed by atoms with E-state index in [1.54, 1.807) is 22.9 Å². The number of hydrogen-bond acceptors (Lipinski definition) is 3. The summed E-state index contributed by atoms with van der Waals surface area (Å²) in [5, 5.41) is 7.38. The van der Waals surface area contributed by atoms with Gasteiger partial charge in [0.15, 0.2) is 5.69 Å². The van der Waals surface area contributed by atoms with E-state index in [1.807, 2.05) is 0 Å². The maximum Gasteiger partial charge on any atom is 0.269 e. The third-order valence-corrected chi connectivity index (χ3v) is 3.26. The monoisotopic (exact) mass is 260 g/mol. The van der Waals surface area contributed by atoms with Gasteiger partial charge in [0.25, 0.3) is 5.91 Å². The standard InChI is InChI=1S/C13H13FN4O/c14-9-3-1-8(2-4-9)11-5-6-16-12-7-10(13(15)19)17-18(11)12/h1-4,7,11,16H,5-6H2,(H2,15,19). The molecule has 1 amide bonds. The predicted octanol–water partition coefficient (Wildman–Crippen LogP) is 1.53. The first-order valence-corrected chi connectivity index (χ1v) is 6.04. The number of carbonyl (C=O) groups is 1. The van der Waals surface area contributed by atoms with E-state index >= 15 is 0 Å². The van der Waals surface area contributed by atoms with Crippen LogP contribution in [0, 0.1) is 5.82 Å². The zero-order valence-corrected chi connectivity index (χ0v) is 10.1. The third-order valence-electron chi connectivity index (χ3n) is 3.26. The topological polar surface area (TPSA) is 72.9 Å². The summed E-state index contributed by atoms with van der Waals surface area (Å²) in [6.07, 6.45) is 0.818. The van der Waals surface area contributed by atoms with E-state index in [9.17, 15) is 9.18 Å². The molecule has 19 heavy (non-hydrogen) atoms. The van der Waals surface area contributed by atoms with Crippen molar-refractivity contribution in [1.29, 1.82) is 0 Å². The molecule has 6 heteroatoms. The number of amides is 1. The summed E-state index contributed by atoms with van der Waals surface area (Å²) in [5.74, 6) is -0.0628. The average Bonchev–Trinajstić information content (AvgIpc) is 2.83. The zero-order chi connectivity index (χ0) is 13.4. The smallest absolute Gasteiger partial charge is 0.269 e. The molecule has 0 aliphatic carbocycles. The van der Waals surface area contributed by atoms with Crippen LogP contribution in [0.3, 0.4) is 0 Å². The van der Waals surface area contributed by atoms with Crippen LogP contribution in [0.25, 0.3) is 0 Å². The molecule has 2 heterocycles. The molecular weight excluding hydrogens is 247 g/mol.